The molecule has 0 unspecified atom stereocenters. The van der Waals surface area contributed by atoms with Crippen molar-refractivity contribution in [1.29, 1.82) is 0 Å². The molecule has 2 aromatic rings. The third kappa shape index (κ3) is 4.04. The number of nitrogens with one attached hydrogen (secondary N) is 2. The molecule has 26 heavy (non-hydrogen) atoms. The summed E-state index contributed by atoms with van der Waals surface area (Å²) < 4.78 is 32.2. The number of hydrogen-bond acceptors (Lipinski definition) is 4. The molecular formula is C19H18N2O4S. The number of carbonyl (C=O) groups excluding carboxylic acids is 1. The second-order valence-electron chi connectivity index (χ2n) is 5.85. The zero-order valence-electron chi connectivity index (χ0n) is 13.9. The number of carbonyl (C=O) groups is 1. The summed E-state index contributed by atoms with van der Waals surface area (Å²) in [5.74, 6) is 2.68. The van der Waals surface area contributed by atoms with E-state index < -0.39 is 10.0 Å². The molecular weight excluding hydrogens is 352 g/mol. The van der Waals surface area contributed by atoms with E-state index in [1.54, 1.807) is 6.07 Å². The topological polar surface area (TPSA) is 84.5 Å². The Morgan fingerprint density at radius 2 is 2.04 bits per heavy atom. The molecule has 1 heterocycles. The molecule has 1 aliphatic rings. The largest absolute Gasteiger partial charge is 0.491 e. The summed E-state index contributed by atoms with van der Waals surface area (Å²) in [6.45, 7) is 0.252. The zero-order chi connectivity index (χ0) is 18.6. The Kier molecular flexibility index (Phi) is 5.26. The van der Waals surface area contributed by atoms with Gasteiger partial charge in [0.05, 0.1) is 17.5 Å². The van der Waals surface area contributed by atoms with Crippen molar-refractivity contribution >= 4 is 15.9 Å². The highest BCUT2D eigenvalue weighted by atomic mass is 32.2. The first-order valence-corrected chi connectivity index (χ1v) is 9.52. The number of hydrogen-bond donors (Lipinski definition) is 2. The standard InChI is InChI=1S/C19H18N2O4S/c1-2-10-20-26(23,24)17-8-5-7-15(12-17)19(22)21-16-11-14-6-3-4-9-18(14)25-13-16/h1,3-9,12,16,20H,10-11,13H2,(H,21,22)/t16-/m0/s1. The molecule has 0 saturated heterocycles. The van der Waals surface area contributed by atoms with Crippen molar-refractivity contribution in [1.82, 2.24) is 10.0 Å². The Morgan fingerprint density at radius 1 is 1.23 bits per heavy atom. The van der Waals surface area contributed by atoms with Gasteiger partial charge in [-0.1, -0.05) is 30.2 Å². The molecule has 6 nitrogen and oxygen atoms in total. The van der Waals surface area contributed by atoms with Gasteiger partial charge >= 0.3 is 0 Å². The van der Waals surface area contributed by atoms with Crippen LogP contribution in [0.1, 0.15) is 15.9 Å². The quantitative estimate of drug-likeness (QED) is 0.778. The van der Waals surface area contributed by atoms with Crippen molar-refractivity contribution < 1.29 is 17.9 Å². The number of para-hydroxylation sites is 1. The molecule has 7 heteroatoms. The van der Waals surface area contributed by atoms with Crippen molar-refractivity contribution in [3.63, 3.8) is 0 Å². The van der Waals surface area contributed by atoms with Crippen molar-refractivity contribution in [3.05, 3.63) is 59.7 Å². The number of benzene rings is 2. The highest BCUT2D eigenvalue weighted by Crippen LogP contribution is 2.24. The smallest absolute Gasteiger partial charge is 0.251 e. The first-order chi connectivity index (χ1) is 12.5. The van der Waals surface area contributed by atoms with E-state index in [4.69, 9.17) is 11.2 Å². The third-order valence-corrected chi connectivity index (χ3v) is 5.38. The molecule has 3 rings (SSSR count). The normalized spacial score (nSPS) is 16.0. The van der Waals surface area contributed by atoms with Crippen LogP contribution in [0.2, 0.25) is 0 Å². The van der Waals surface area contributed by atoms with Gasteiger partial charge in [0.15, 0.2) is 0 Å². The number of sulfonamides is 1. The molecule has 0 bridgehead atoms. The van der Waals surface area contributed by atoms with E-state index in [1.165, 1.54) is 18.2 Å². The fourth-order valence-corrected chi connectivity index (χ4v) is 3.69. The SMILES string of the molecule is C#CCNS(=O)(=O)c1cccc(C(=O)N[C@@H]2COc3ccccc3C2)c1. The maximum Gasteiger partial charge on any atom is 0.251 e. The van der Waals surface area contributed by atoms with E-state index in [0.29, 0.717) is 13.0 Å². The van der Waals surface area contributed by atoms with Crippen molar-refractivity contribution in [2.45, 2.75) is 17.4 Å². The predicted octanol–water partition coefficient (Wildman–Crippen LogP) is 1.33. The lowest BCUT2D eigenvalue weighted by Crippen LogP contribution is -2.42. The monoisotopic (exact) mass is 370 g/mol. The van der Waals surface area contributed by atoms with Gasteiger partial charge in [0.2, 0.25) is 10.0 Å². The number of amides is 1. The molecule has 0 fully saturated rings. The van der Waals surface area contributed by atoms with E-state index in [-0.39, 0.29) is 29.0 Å². The number of fused-ring (bicyclic) bond motifs is 1. The van der Waals surface area contributed by atoms with Crippen molar-refractivity contribution in [2.24, 2.45) is 0 Å². The van der Waals surface area contributed by atoms with Crippen LogP contribution in [0.5, 0.6) is 5.75 Å². The van der Waals surface area contributed by atoms with Gasteiger partial charge < -0.3 is 10.1 Å². The fraction of sp³-hybridized carbons (Fsp3) is 0.211. The van der Waals surface area contributed by atoms with Crippen LogP contribution >= 0.6 is 0 Å². The van der Waals surface area contributed by atoms with Crippen LogP contribution in [-0.2, 0) is 16.4 Å². The van der Waals surface area contributed by atoms with Crippen LogP contribution in [-0.4, -0.2) is 33.5 Å². The van der Waals surface area contributed by atoms with Gasteiger partial charge in [0.1, 0.15) is 12.4 Å². The molecule has 0 aromatic heterocycles. The molecule has 0 spiro atoms. The summed E-state index contributed by atoms with van der Waals surface area (Å²) in [7, 11) is -3.75. The lowest BCUT2D eigenvalue weighted by molar-refractivity contribution is 0.0915. The van der Waals surface area contributed by atoms with E-state index in [9.17, 15) is 13.2 Å². The van der Waals surface area contributed by atoms with Crippen LogP contribution in [0.15, 0.2) is 53.4 Å². The van der Waals surface area contributed by atoms with Crippen LogP contribution in [0.4, 0.5) is 0 Å². The van der Waals surface area contributed by atoms with Crippen molar-refractivity contribution in [3.8, 4) is 18.1 Å². The predicted molar refractivity (Wildman–Crippen MR) is 97.4 cm³/mol. The van der Waals surface area contributed by atoms with E-state index in [0.717, 1.165) is 11.3 Å². The van der Waals surface area contributed by atoms with Gasteiger partial charge in [-0.3, -0.25) is 4.79 Å². The summed E-state index contributed by atoms with van der Waals surface area (Å²) in [5.41, 5.74) is 1.28. The van der Waals surface area contributed by atoms with E-state index in [2.05, 4.69) is 16.0 Å². The molecule has 1 aliphatic heterocycles. The van der Waals surface area contributed by atoms with Gasteiger partial charge in [-0.05, 0) is 36.2 Å². The lowest BCUT2D eigenvalue weighted by Gasteiger charge is -2.26. The minimum absolute atomic E-state index is 0.00867. The molecule has 2 N–H and O–H groups in total. The first-order valence-electron chi connectivity index (χ1n) is 8.04. The summed E-state index contributed by atoms with van der Waals surface area (Å²) in [5, 5.41) is 2.89. The minimum Gasteiger partial charge on any atom is -0.491 e. The molecule has 134 valence electrons. The average Bonchev–Trinajstić information content (AvgIpc) is 2.66. The first kappa shape index (κ1) is 18.0. The summed E-state index contributed by atoms with van der Waals surface area (Å²) in [6.07, 6.45) is 5.73. The Labute approximate surface area is 152 Å². The molecule has 0 saturated carbocycles. The van der Waals surface area contributed by atoms with Gasteiger partial charge in [-0.15, -0.1) is 6.42 Å². The minimum atomic E-state index is -3.75. The fourth-order valence-electron chi connectivity index (χ4n) is 2.71. The maximum atomic E-state index is 12.5. The van der Waals surface area contributed by atoms with Crippen LogP contribution in [0.25, 0.3) is 0 Å². The summed E-state index contributed by atoms with van der Waals surface area (Å²) >= 11 is 0. The highest BCUT2D eigenvalue weighted by molar-refractivity contribution is 7.89. The molecule has 0 aliphatic carbocycles. The van der Waals surface area contributed by atoms with Gasteiger partial charge in [-0.2, -0.15) is 4.72 Å². The number of ether oxygens (including phenoxy) is 1. The lowest BCUT2D eigenvalue weighted by atomic mass is 10.0. The van der Waals surface area contributed by atoms with Crippen LogP contribution in [0, 0.1) is 12.3 Å². The molecule has 1 amide bonds. The number of rotatable bonds is 5. The van der Waals surface area contributed by atoms with Crippen LogP contribution < -0.4 is 14.8 Å². The van der Waals surface area contributed by atoms with Gasteiger partial charge in [-0.25, -0.2) is 8.42 Å². The van der Waals surface area contributed by atoms with E-state index in [1.807, 2.05) is 24.3 Å². The van der Waals surface area contributed by atoms with Gasteiger partial charge in [0.25, 0.3) is 5.91 Å². The highest BCUT2D eigenvalue weighted by Gasteiger charge is 2.22. The Bertz CT molecular complexity index is 963. The Balaban J connectivity index is 1.71. The zero-order valence-corrected chi connectivity index (χ0v) is 14.8. The summed E-state index contributed by atoms with van der Waals surface area (Å²) in [4.78, 5) is 12.5. The molecule has 1 atom stereocenters. The Morgan fingerprint density at radius 3 is 2.85 bits per heavy atom. The van der Waals surface area contributed by atoms with E-state index >= 15 is 0 Å². The Hall–Kier alpha value is -2.82. The van der Waals surface area contributed by atoms with Crippen molar-refractivity contribution in [2.75, 3.05) is 13.2 Å². The third-order valence-electron chi connectivity index (χ3n) is 3.98. The second-order valence-corrected chi connectivity index (χ2v) is 7.62. The number of terminal acetylenes is 1. The second kappa shape index (κ2) is 7.60. The molecule has 2 aromatic carbocycles. The molecule has 0 radical (unpaired) electrons. The van der Waals surface area contributed by atoms with Crippen LogP contribution in [0.3, 0.4) is 0 Å². The summed E-state index contributed by atoms with van der Waals surface area (Å²) in [6, 6.07) is 13.3. The maximum absolute atomic E-state index is 12.5. The average molecular weight is 370 g/mol. The van der Waals surface area contributed by atoms with Gasteiger partial charge in [0, 0.05) is 5.56 Å².